The first-order valence-corrected chi connectivity index (χ1v) is 14.1. The highest BCUT2D eigenvalue weighted by Gasteiger charge is 2.47. The number of anilines is 1. The van der Waals surface area contributed by atoms with Crippen LogP contribution in [-0.4, -0.2) is 80.7 Å². The van der Waals surface area contributed by atoms with E-state index in [1.54, 1.807) is 0 Å². The van der Waals surface area contributed by atoms with E-state index in [0.717, 1.165) is 38.6 Å². The Labute approximate surface area is 221 Å². The molecule has 15 nitrogen and oxygen atoms in total. The number of fused-ring (bicyclic) bond motifs is 1. The number of nitrogen functional groups attached to an aromatic ring is 1. The molecule has 2 aromatic rings. The van der Waals surface area contributed by atoms with Crippen LogP contribution in [0.4, 0.5) is 5.82 Å². The fourth-order valence-corrected chi connectivity index (χ4v) is 4.80. The minimum Gasteiger partial charge on any atom is -0.469 e. The maximum Gasteiger partial charge on any atom is 0.317 e. The average Bonchev–Trinajstić information content (AvgIpc) is 3.45. The summed E-state index contributed by atoms with van der Waals surface area (Å²) in [7, 11) is -1.86. The van der Waals surface area contributed by atoms with Crippen LogP contribution < -0.4 is 16.5 Å². The molecule has 0 spiro atoms. The number of aromatic nitrogens is 4. The number of nitrogens with two attached hydrogens (primary N) is 1. The van der Waals surface area contributed by atoms with Gasteiger partial charge in [0.15, 0.2) is 17.7 Å². The first-order valence-electron chi connectivity index (χ1n) is 12.8. The Morgan fingerprint density at radius 2 is 1.84 bits per heavy atom. The molecule has 7 N–H and O–H groups in total. The van der Waals surface area contributed by atoms with Crippen LogP contribution in [0.25, 0.3) is 11.2 Å². The fraction of sp³-hybridized carbons (Fsp3) is 0.727. The molecule has 3 rings (SSSR count). The van der Waals surface area contributed by atoms with Crippen LogP contribution in [0.3, 0.4) is 0 Å². The number of nitrogens with one attached hydrogen (secondary N) is 3. The zero-order valence-corrected chi connectivity index (χ0v) is 22.5. The third kappa shape index (κ3) is 8.83. The second kappa shape index (κ2) is 15.9. The Morgan fingerprint density at radius 1 is 1.16 bits per heavy atom. The van der Waals surface area contributed by atoms with E-state index in [-0.39, 0.29) is 18.4 Å². The molecule has 1 fully saturated rings. The van der Waals surface area contributed by atoms with Crippen LogP contribution in [0.5, 0.6) is 0 Å². The Hall–Kier alpha value is -2.39. The van der Waals surface area contributed by atoms with Crippen molar-refractivity contribution in [1.82, 2.24) is 30.3 Å². The van der Waals surface area contributed by atoms with Crippen LogP contribution in [0.15, 0.2) is 12.7 Å². The maximum absolute atomic E-state index is 11.4. The highest BCUT2D eigenvalue weighted by molar-refractivity contribution is 7.32. The molecule has 1 aliphatic heterocycles. The number of hydrogen-bond acceptors (Lipinski definition) is 12. The number of aliphatic hydroxyl groups is 1. The van der Waals surface area contributed by atoms with Crippen LogP contribution in [0.1, 0.15) is 57.6 Å². The molecule has 0 aromatic carbocycles. The molecule has 5 atom stereocenters. The molecule has 0 aliphatic carbocycles. The van der Waals surface area contributed by atoms with E-state index in [2.05, 4.69) is 25.7 Å². The normalized spacial score (nSPS) is 22.1. The van der Waals surface area contributed by atoms with E-state index >= 15 is 0 Å². The molecule has 214 valence electrons. The molecule has 38 heavy (non-hydrogen) atoms. The number of hydrogen-bond donors (Lipinski definition) is 6. The van der Waals surface area contributed by atoms with Crippen molar-refractivity contribution in [2.75, 3.05) is 32.5 Å². The second-order valence-electron chi connectivity index (χ2n) is 8.98. The predicted molar refractivity (Wildman–Crippen MR) is 139 cm³/mol. The quantitative estimate of drug-likeness (QED) is 0.0531. The second-order valence-corrected chi connectivity index (χ2v) is 9.75. The van der Waals surface area contributed by atoms with Gasteiger partial charge < -0.3 is 35.0 Å². The van der Waals surface area contributed by atoms with Gasteiger partial charge in [0, 0.05) is 13.1 Å². The van der Waals surface area contributed by atoms with Gasteiger partial charge >= 0.3 is 8.25 Å². The minimum atomic E-state index is -3.34. The summed E-state index contributed by atoms with van der Waals surface area (Å²) in [5.41, 5.74) is 9.43. The summed E-state index contributed by atoms with van der Waals surface area (Å²) in [5, 5.41) is 21.0. The number of ether oxygens (including phenoxy) is 2. The molecule has 16 heteroatoms. The van der Waals surface area contributed by atoms with Crippen LogP contribution in [-0.2, 0) is 23.4 Å². The summed E-state index contributed by atoms with van der Waals surface area (Å²) < 4.78 is 28.6. The third-order valence-corrected chi connectivity index (χ3v) is 6.73. The molecule has 0 saturated carbocycles. The minimum absolute atomic E-state index is 0.00413. The SMILES string of the molecule is COC(=N)NCCCCCCCCCCNOC[C@H]1O[C@@H](n2cnc3c(N)ncnc32)[C@H](O)[C@@H]1O[PH](=O)O. The lowest BCUT2D eigenvalue weighted by atomic mass is 10.1. The van der Waals surface area contributed by atoms with Crippen molar-refractivity contribution >= 4 is 31.3 Å². The van der Waals surface area contributed by atoms with Gasteiger partial charge in [0.1, 0.15) is 30.2 Å². The smallest absolute Gasteiger partial charge is 0.317 e. The van der Waals surface area contributed by atoms with Gasteiger partial charge in [-0.1, -0.05) is 38.5 Å². The third-order valence-electron chi connectivity index (χ3n) is 6.25. The van der Waals surface area contributed by atoms with Crippen LogP contribution >= 0.6 is 8.25 Å². The molecule has 0 bridgehead atoms. The van der Waals surface area contributed by atoms with Crippen molar-refractivity contribution in [2.45, 2.75) is 75.9 Å². The zero-order valence-electron chi connectivity index (χ0n) is 21.5. The van der Waals surface area contributed by atoms with Crippen LogP contribution in [0.2, 0.25) is 0 Å². The number of unbranched alkanes of at least 4 members (excludes halogenated alkanes) is 7. The lowest BCUT2D eigenvalue weighted by molar-refractivity contribution is -0.0841. The molecule has 1 saturated heterocycles. The van der Waals surface area contributed by atoms with Crippen LogP contribution in [0, 0.1) is 5.41 Å². The molecule has 0 amide bonds. The first-order chi connectivity index (χ1) is 18.4. The Balaban J connectivity index is 1.32. The number of amidine groups is 1. The largest absolute Gasteiger partial charge is 0.469 e. The maximum atomic E-state index is 11.4. The number of nitrogens with zero attached hydrogens (tertiary/aromatic N) is 4. The summed E-state index contributed by atoms with van der Waals surface area (Å²) in [6, 6.07) is 0.112. The van der Waals surface area contributed by atoms with Gasteiger partial charge in [0.25, 0.3) is 6.02 Å². The number of hydroxylamine groups is 1. The molecule has 1 unspecified atom stereocenters. The van der Waals surface area contributed by atoms with Gasteiger partial charge in [-0.05, 0) is 12.8 Å². The van der Waals surface area contributed by atoms with E-state index in [1.165, 1.54) is 43.6 Å². The average molecular weight is 559 g/mol. The number of imidazole rings is 1. The van der Waals surface area contributed by atoms with E-state index in [9.17, 15) is 14.6 Å². The summed E-state index contributed by atoms with van der Waals surface area (Å²) in [6.45, 7) is 1.40. The number of rotatable bonds is 17. The van der Waals surface area contributed by atoms with Crippen molar-refractivity contribution in [3.05, 3.63) is 12.7 Å². The molecule has 2 aromatic heterocycles. The van der Waals surface area contributed by atoms with E-state index in [4.69, 9.17) is 30.0 Å². The standard InChI is InChI=1S/C22H39N8O7P/c1-34-22(24)25-10-8-6-4-2-3-5-7-9-11-29-35-12-15-18(37-38(32)33)17(31)21(36-15)30-14-28-16-19(23)26-13-27-20(16)30/h13-15,17-18,21,29,31,38H,2-12H2,1H3,(H2,24,25)(H,32,33)(H2,23,26,27)/t15-,17-,18-,21-/m1/s1. The summed E-state index contributed by atoms with van der Waals surface area (Å²) >= 11 is 0. The lowest BCUT2D eigenvalue weighted by Gasteiger charge is -2.19. The van der Waals surface area contributed by atoms with E-state index in [0.29, 0.717) is 17.7 Å². The Morgan fingerprint density at radius 3 is 2.53 bits per heavy atom. The van der Waals surface area contributed by atoms with Gasteiger partial charge in [0.05, 0.1) is 20.0 Å². The highest BCUT2D eigenvalue weighted by Crippen LogP contribution is 2.37. The van der Waals surface area contributed by atoms with Crippen molar-refractivity contribution in [1.29, 1.82) is 5.41 Å². The summed E-state index contributed by atoms with van der Waals surface area (Å²) in [4.78, 5) is 27.1. The van der Waals surface area contributed by atoms with Crippen molar-refractivity contribution in [3.63, 3.8) is 0 Å². The van der Waals surface area contributed by atoms with Gasteiger partial charge in [-0.15, -0.1) is 0 Å². The van der Waals surface area contributed by atoms with Crippen molar-refractivity contribution < 1.29 is 33.4 Å². The molecule has 0 radical (unpaired) electrons. The zero-order chi connectivity index (χ0) is 27.3. The lowest BCUT2D eigenvalue weighted by Crippen LogP contribution is -2.36. The van der Waals surface area contributed by atoms with Crippen molar-refractivity contribution in [3.8, 4) is 0 Å². The fourth-order valence-electron chi connectivity index (χ4n) is 4.27. The van der Waals surface area contributed by atoms with Gasteiger partial charge in [0.2, 0.25) is 0 Å². The van der Waals surface area contributed by atoms with Gasteiger partial charge in [-0.3, -0.25) is 19.4 Å². The van der Waals surface area contributed by atoms with Gasteiger partial charge in [-0.2, -0.15) is 0 Å². The number of methoxy groups -OCH3 is 1. The highest BCUT2D eigenvalue weighted by atomic mass is 31.1. The monoisotopic (exact) mass is 558 g/mol. The molecule has 1 aliphatic rings. The predicted octanol–water partition coefficient (Wildman–Crippen LogP) is 1.25. The molecular weight excluding hydrogens is 519 g/mol. The Kier molecular flexibility index (Phi) is 12.6. The topological polar surface area (TPSA) is 212 Å². The van der Waals surface area contributed by atoms with Crippen molar-refractivity contribution in [2.24, 2.45) is 0 Å². The van der Waals surface area contributed by atoms with E-state index in [1.807, 2.05) is 0 Å². The summed E-state index contributed by atoms with van der Waals surface area (Å²) in [5.74, 6) is 0.188. The Bertz CT molecular complexity index is 1030. The first kappa shape index (κ1) is 30.2. The molecule has 3 heterocycles. The molecular formula is C22H39N8O7P. The summed E-state index contributed by atoms with van der Waals surface area (Å²) in [6.07, 6.45) is 7.41. The van der Waals surface area contributed by atoms with Gasteiger partial charge in [-0.25, -0.2) is 20.4 Å². The number of aliphatic hydroxyl groups excluding tert-OH is 1. The van der Waals surface area contributed by atoms with E-state index < -0.39 is 32.8 Å².